The second-order valence-corrected chi connectivity index (χ2v) is 11.0. The quantitative estimate of drug-likeness (QED) is 0.342. The third kappa shape index (κ3) is 4.74. The van der Waals surface area contributed by atoms with Crippen molar-refractivity contribution in [2.75, 3.05) is 26.3 Å². The summed E-state index contributed by atoms with van der Waals surface area (Å²) in [6.45, 7) is 2.53. The predicted octanol–water partition coefficient (Wildman–Crippen LogP) is 4.76. The minimum absolute atomic E-state index is 0.000658. The van der Waals surface area contributed by atoms with Crippen LogP contribution in [0, 0.1) is 5.92 Å². The zero-order valence-electron chi connectivity index (χ0n) is 22.0. The molecule has 1 N–H and O–H groups in total. The van der Waals surface area contributed by atoms with E-state index >= 15 is 0 Å². The Hall–Kier alpha value is -3.45. The van der Waals surface area contributed by atoms with Gasteiger partial charge in [0, 0.05) is 61.8 Å². The Labute approximate surface area is 226 Å². The number of rotatable bonds is 6. The second-order valence-electron chi connectivity index (χ2n) is 11.0. The molecule has 0 bridgehead atoms. The van der Waals surface area contributed by atoms with Crippen molar-refractivity contribution in [1.82, 2.24) is 34.8 Å². The lowest BCUT2D eigenvalue weighted by molar-refractivity contribution is -0.141. The molecule has 4 aromatic rings. The molecule has 0 radical (unpaired) electrons. The summed E-state index contributed by atoms with van der Waals surface area (Å²) in [6.07, 6.45) is -2.81. The number of alkyl halides is 5. The van der Waals surface area contributed by atoms with E-state index in [9.17, 15) is 22.0 Å². The average Bonchev–Trinajstić information content (AvgIpc) is 3.49. The smallest absolute Gasteiger partial charge is 0.379 e. The van der Waals surface area contributed by atoms with Crippen molar-refractivity contribution in [3.8, 4) is 11.3 Å². The standard InChI is InChI=1S/C27H28F5N7O/c1-16-11-39(7-6-26(16,28)29)12-20-24-19(9-21(34-20)27(30,31)32)23(36-37-24)17-4-3-5-18(8-17)25(13-40-14-25)10-22-35-33-15-38(22)2/h3-5,8-9,15-16H,6-7,10-14H2,1-2H3,(H,36,37)/t16-/m1/s1. The fourth-order valence-corrected chi connectivity index (χ4v) is 5.57. The summed E-state index contributed by atoms with van der Waals surface area (Å²) in [5.74, 6) is -2.91. The monoisotopic (exact) mass is 561 g/mol. The number of pyridine rings is 1. The number of nitrogens with one attached hydrogen (secondary N) is 1. The van der Waals surface area contributed by atoms with E-state index in [1.54, 1.807) is 17.3 Å². The van der Waals surface area contributed by atoms with Gasteiger partial charge in [-0.1, -0.05) is 25.1 Å². The molecule has 0 saturated carbocycles. The normalized spacial score (nSPS) is 21.0. The van der Waals surface area contributed by atoms with Crippen molar-refractivity contribution >= 4 is 10.9 Å². The summed E-state index contributed by atoms with van der Waals surface area (Å²) in [5, 5.41) is 15.7. The van der Waals surface area contributed by atoms with E-state index in [4.69, 9.17) is 4.74 Å². The van der Waals surface area contributed by atoms with Crippen molar-refractivity contribution in [3.05, 3.63) is 59.4 Å². The largest absolute Gasteiger partial charge is 0.433 e. The molecular formula is C27H28F5N7O. The van der Waals surface area contributed by atoms with Crippen LogP contribution in [0.25, 0.3) is 22.2 Å². The van der Waals surface area contributed by atoms with Crippen LogP contribution >= 0.6 is 0 Å². The molecule has 0 spiro atoms. The van der Waals surface area contributed by atoms with Gasteiger partial charge in [0.05, 0.1) is 24.4 Å². The molecule has 40 heavy (non-hydrogen) atoms. The van der Waals surface area contributed by atoms with Crippen LogP contribution in [0.5, 0.6) is 0 Å². The minimum Gasteiger partial charge on any atom is -0.379 e. The maximum Gasteiger partial charge on any atom is 0.433 e. The zero-order chi connectivity index (χ0) is 28.3. The summed E-state index contributed by atoms with van der Waals surface area (Å²) in [4.78, 5) is 5.63. The van der Waals surface area contributed by atoms with Gasteiger partial charge in [-0.25, -0.2) is 13.8 Å². The highest BCUT2D eigenvalue weighted by Crippen LogP contribution is 2.40. The molecule has 2 fully saturated rings. The first-order chi connectivity index (χ1) is 19.0. The number of aromatic amines is 1. The lowest BCUT2D eigenvalue weighted by atomic mass is 9.75. The highest BCUT2D eigenvalue weighted by molar-refractivity contribution is 5.94. The molecule has 2 saturated heterocycles. The fraction of sp³-hybridized carbons (Fsp3) is 0.481. The molecule has 0 amide bonds. The van der Waals surface area contributed by atoms with Crippen LogP contribution in [0.4, 0.5) is 22.0 Å². The molecule has 13 heteroatoms. The first-order valence-corrected chi connectivity index (χ1v) is 13.0. The van der Waals surface area contributed by atoms with Gasteiger partial charge in [0.25, 0.3) is 5.92 Å². The molecule has 0 aliphatic carbocycles. The first-order valence-electron chi connectivity index (χ1n) is 13.0. The van der Waals surface area contributed by atoms with E-state index in [1.807, 2.05) is 29.8 Å². The molecule has 8 nitrogen and oxygen atoms in total. The molecule has 2 aliphatic rings. The van der Waals surface area contributed by atoms with Gasteiger partial charge in [0.15, 0.2) is 0 Å². The van der Waals surface area contributed by atoms with Gasteiger partial charge in [-0.3, -0.25) is 10.00 Å². The maximum absolute atomic E-state index is 14.0. The van der Waals surface area contributed by atoms with Crippen LogP contribution in [-0.2, 0) is 36.3 Å². The molecule has 212 valence electrons. The van der Waals surface area contributed by atoms with Crippen LogP contribution in [0.1, 0.15) is 36.1 Å². The van der Waals surface area contributed by atoms with E-state index in [1.165, 1.54) is 6.92 Å². The Morgan fingerprint density at radius 3 is 2.62 bits per heavy atom. The summed E-state index contributed by atoms with van der Waals surface area (Å²) in [6, 6.07) is 8.55. The maximum atomic E-state index is 14.0. The minimum atomic E-state index is -4.69. The SMILES string of the molecule is C[C@@H]1CN(Cc2nc(C(F)(F)F)cc3c(-c4cccc(C5(Cc6nncn6C)COC5)c4)n[nH]c23)CCC1(F)F. The molecule has 1 atom stereocenters. The van der Waals surface area contributed by atoms with Crippen LogP contribution in [-0.4, -0.2) is 67.1 Å². The number of H-pyrrole nitrogens is 1. The number of aryl methyl sites for hydroxylation is 1. The Kier molecular flexibility index (Phi) is 6.41. The lowest BCUT2D eigenvalue weighted by Crippen LogP contribution is -2.49. The van der Waals surface area contributed by atoms with E-state index in [-0.39, 0.29) is 42.6 Å². The van der Waals surface area contributed by atoms with Gasteiger partial charge in [-0.2, -0.15) is 18.3 Å². The molecule has 0 unspecified atom stereocenters. The van der Waals surface area contributed by atoms with Crippen molar-refractivity contribution in [1.29, 1.82) is 0 Å². The van der Waals surface area contributed by atoms with Gasteiger partial charge in [0.2, 0.25) is 0 Å². The van der Waals surface area contributed by atoms with Gasteiger partial charge >= 0.3 is 6.18 Å². The van der Waals surface area contributed by atoms with Crippen LogP contribution in [0.3, 0.4) is 0 Å². The molecular weight excluding hydrogens is 533 g/mol. The van der Waals surface area contributed by atoms with Crippen molar-refractivity contribution in [2.24, 2.45) is 13.0 Å². The fourth-order valence-electron chi connectivity index (χ4n) is 5.57. The number of halogens is 5. The van der Waals surface area contributed by atoms with Crippen molar-refractivity contribution in [3.63, 3.8) is 0 Å². The highest BCUT2D eigenvalue weighted by Gasteiger charge is 2.43. The molecule has 5 heterocycles. The van der Waals surface area contributed by atoms with E-state index in [2.05, 4.69) is 25.4 Å². The third-order valence-electron chi connectivity index (χ3n) is 8.11. The number of piperidine rings is 1. The van der Waals surface area contributed by atoms with Crippen LogP contribution < -0.4 is 0 Å². The zero-order valence-corrected chi connectivity index (χ0v) is 22.0. The number of likely N-dealkylation sites (tertiary alicyclic amines) is 1. The number of hydrogen-bond donors (Lipinski definition) is 1. The summed E-state index contributed by atoms with van der Waals surface area (Å²) >= 11 is 0. The number of ether oxygens (including phenoxy) is 1. The average molecular weight is 562 g/mol. The Balaban J connectivity index is 1.38. The van der Waals surface area contributed by atoms with Gasteiger partial charge in [0.1, 0.15) is 23.5 Å². The second kappa shape index (κ2) is 9.58. The summed E-state index contributed by atoms with van der Waals surface area (Å²) < 4.78 is 77.3. The van der Waals surface area contributed by atoms with Crippen LogP contribution in [0.2, 0.25) is 0 Å². The molecule has 1 aromatic carbocycles. The molecule has 6 rings (SSSR count). The van der Waals surface area contributed by atoms with E-state index in [0.717, 1.165) is 17.5 Å². The predicted molar refractivity (Wildman–Crippen MR) is 136 cm³/mol. The lowest BCUT2D eigenvalue weighted by Gasteiger charge is -2.41. The number of benzene rings is 1. The van der Waals surface area contributed by atoms with Crippen molar-refractivity contribution in [2.45, 2.75) is 43.8 Å². The Morgan fingerprint density at radius 2 is 1.98 bits per heavy atom. The Bertz CT molecular complexity index is 1540. The molecule has 2 aliphatic heterocycles. The van der Waals surface area contributed by atoms with Gasteiger partial charge < -0.3 is 9.30 Å². The summed E-state index contributed by atoms with van der Waals surface area (Å²) in [7, 11) is 1.87. The number of aromatic nitrogens is 6. The van der Waals surface area contributed by atoms with E-state index < -0.39 is 23.7 Å². The molecule has 3 aromatic heterocycles. The number of fused-ring (bicyclic) bond motifs is 1. The van der Waals surface area contributed by atoms with Crippen molar-refractivity contribution < 1.29 is 26.7 Å². The third-order valence-corrected chi connectivity index (χ3v) is 8.11. The highest BCUT2D eigenvalue weighted by atomic mass is 19.4. The Morgan fingerprint density at radius 1 is 1.18 bits per heavy atom. The van der Waals surface area contributed by atoms with E-state index in [0.29, 0.717) is 36.4 Å². The topological polar surface area (TPSA) is 84.8 Å². The first kappa shape index (κ1) is 26.8. The van der Waals surface area contributed by atoms with Gasteiger partial charge in [-0.15, -0.1) is 10.2 Å². The van der Waals surface area contributed by atoms with Crippen LogP contribution in [0.15, 0.2) is 36.7 Å². The number of nitrogens with zero attached hydrogens (tertiary/aromatic N) is 6. The summed E-state index contributed by atoms with van der Waals surface area (Å²) in [5.41, 5.74) is 1.06. The van der Waals surface area contributed by atoms with Gasteiger partial charge in [-0.05, 0) is 17.7 Å². The number of hydrogen-bond acceptors (Lipinski definition) is 6.